The number of hydrogen-bond donors (Lipinski definition) is 0. The van der Waals surface area contributed by atoms with Crippen LogP contribution in [-0.4, -0.2) is 42.5 Å². The molecule has 1 aromatic rings. The molecule has 98 valence electrons. The lowest BCUT2D eigenvalue weighted by Crippen LogP contribution is -2.39. The Balaban J connectivity index is 2.09. The summed E-state index contributed by atoms with van der Waals surface area (Å²) in [4.78, 5) is 4.71. The molecular weight excluding hydrogens is 226 g/mol. The number of rotatable bonds is 3. The molecule has 0 bridgehead atoms. The van der Waals surface area contributed by atoms with Crippen molar-refractivity contribution < 1.29 is 4.42 Å². The van der Waals surface area contributed by atoms with Crippen molar-refractivity contribution in [2.75, 3.05) is 26.7 Å². The second-order valence-corrected chi connectivity index (χ2v) is 5.35. The fourth-order valence-corrected chi connectivity index (χ4v) is 2.78. The van der Waals surface area contributed by atoms with Gasteiger partial charge >= 0.3 is 0 Å². The van der Waals surface area contributed by atoms with E-state index in [4.69, 9.17) is 9.68 Å². The maximum Gasteiger partial charge on any atom is 0.117 e. The van der Waals surface area contributed by atoms with Crippen LogP contribution >= 0.6 is 0 Å². The fourth-order valence-electron chi connectivity index (χ4n) is 2.78. The molecule has 2 rings (SSSR count). The van der Waals surface area contributed by atoms with Crippen LogP contribution in [0.5, 0.6) is 0 Å². The van der Waals surface area contributed by atoms with Gasteiger partial charge in [0.15, 0.2) is 0 Å². The molecule has 4 nitrogen and oxygen atoms in total. The van der Waals surface area contributed by atoms with Gasteiger partial charge in [0.2, 0.25) is 0 Å². The van der Waals surface area contributed by atoms with Crippen molar-refractivity contribution in [2.45, 2.75) is 25.9 Å². The van der Waals surface area contributed by atoms with Crippen LogP contribution < -0.4 is 0 Å². The third-order valence-electron chi connectivity index (χ3n) is 3.47. The molecule has 18 heavy (non-hydrogen) atoms. The highest BCUT2D eigenvalue weighted by Gasteiger charge is 2.26. The largest absolute Gasteiger partial charge is 0.468 e. The summed E-state index contributed by atoms with van der Waals surface area (Å²) in [6.45, 7) is 6.14. The molecule has 2 heterocycles. The summed E-state index contributed by atoms with van der Waals surface area (Å²) in [5, 5.41) is 8.99. The van der Waals surface area contributed by atoms with Gasteiger partial charge in [0, 0.05) is 25.7 Å². The minimum atomic E-state index is 0.301. The van der Waals surface area contributed by atoms with Crippen molar-refractivity contribution in [3.63, 3.8) is 0 Å². The third-order valence-corrected chi connectivity index (χ3v) is 3.47. The maximum atomic E-state index is 8.99. The third kappa shape index (κ3) is 3.34. The number of likely N-dealkylation sites (N-methyl/N-ethyl adjacent to an activating group) is 1. The topological polar surface area (TPSA) is 43.4 Å². The van der Waals surface area contributed by atoms with E-state index < -0.39 is 0 Å². The summed E-state index contributed by atoms with van der Waals surface area (Å²) >= 11 is 0. The predicted molar refractivity (Wildman–Crippen MR) is 69.8 cm³/mol. The first kappa shape index (κ1) is 13.1. The fraction of sp³-hybridized carbons (Fsp3) is 0.643. The zero-order valence-electron chi connectivity index (χ0n) is 11.2. The van der Waals surface area contributed by atoms with Gasteiger partial charge in [0.25, 0.3) is 0 Å². The molecule has 1 aliphatic heterocycles. The number of nitrogens with zero attached hydrogens (tertiary/aromatic N) is 3. The quantitative estimate of drug-likeness (QED) is 0.819. The summed E-state index contributed by atoms with van der Waals surface area (Å²) in [5.74, 6) is 1.60. The maximum absolute atomic E-state index is 8.99. The van der Waals surface area contributed by atoms with Crippen LogP contribution in [0.1, 0.15) is 19.1 Å². The van der Waals surface area contributed by atoms with Crippen LogP contribution in [0, 0.1) is 17.2 Å². The number of furan rings is 1. The van der Waals surface area contributed by atoms with Crippen LogP contribution in [0.3, 0.4) is 0 Å². The van der Waals surface area contributed by atoms with E-state index in [2.05, 4.69) is 29.8 Å². The molecule has 0 N–H and O–H groups in total. The number of nitriles is 1. The van der Waals surface area contributed by atoms with Crippen molar-refractivity contribution >= 4 is 0 Å². The van der Waals surface area contributed by atoms with Gasteiger partial charge < -0.3 is 9.32 Å². The zero-order chi connectivity index (χ0) is 13.0. The standard InChI is InChI=1S/C14H21N3O/c1-12-8-16(2)10-13(5-6-15)17(9-12)11-14-4-3-7-18-14/h3-4,7,12-13H,5,8-11H2,1-2H3. The Morgan fingerprint density at radius 2 is 2.28 bits per heavy atom. The van der Waals surface area contributed by atoms with E-state index >= 15 is 0 Å². The van der Waals surface area contributed by atoms with Gasteiger partial charge in [-0.25, -0.2) is 0 Å². The first-order valence-corrected chi connectivity index (χ1v) is 6.51. The van der Waals surface area contributed by atoms with E-state index in [9.17, 15) is 0 Å². The Labute approximate surface area is 109 Å². The van der Waals surface area contributed by atoms with E-state index in [1.165, 1.54) is 0 Å². The molecule has 1 saturated heterocycles. The second-order valence-electron chi connectivity index (χ2n) is 5.35. The molecule has 0 amide bonds. The van der Waals surface area contributed by atoms with Gasteiger partial charge in [-0.2, -0.15) is 5.26 Å². The van der Waals surface area contributed by atoms with Gasteiger partial charge in [-0.05, 0) is 25.1 Å². The van der Waals surface area contributed by atoms with Crippen molar-refractivity contribution in [3.05, 3.63) is 24.2 Å². The SMILES string of the molecule is CC1CN(C)CC(CC#N)N(Cc2ccco2)C1. The van der Waals surface area contributed by atoms with Gasteiger partial charge in [-0.15, -0.1) is 0 Å². The molecule has 0 saturated carbocycles. The molecule has 0 spiro atoms. The van der Waals surface area contributed by atoms with Crippen molar-refractivity contribution in [2.24, 2.45) is 5.92 Å². The lowest BCUT2D eigenvalue weighted by molar-refractivity contribution is 0.164. The van der Waals surface area contributed by atoms with Gasteiger partial charge in [0.1, 0.15) is 5.76 Å². The van der Waals surface area contributed by atoms with Crippen LogP contribution in [0.15, 0.2) is 22.8 Å². The molecule has 0 aliphatic carbocycles. The molecular formula is C14H21N3O. The van der Waals surface area contributed by atoms with Gasteiger partial charge in [0.05, 0.1) is 25.3 Å². The minimum absolute atomic E-state index is 0.301. The molecule has 0 aromatic carbocycles. The minimum Gasteiger partial charge on any atom is -0.468 e. The normalized spacial score (nSPS) is 26.7. The molecule has 2 atom stereocenters. The lowest BCUT2D eigenvalue weighted by atomic mass is 10.1. The molecule has 2 unspecified atom stereocenters. The van der Waals surface area contributed by atoms with E-state index in [0.717, 1.165) is 31.9 Å². The van der Waals surface area contributed by atoms with E-state index in [1.54, 1.807) is 6.26 Å². The van der Waals surface area contributed by atoms with Gasteiger partial charge in [-0.1, -0.05) is 6.92 Å². The molecule has 1 aromatic heterocycles. The first-order chi connectivity index (χ1) is 8.69. The Kier molecular flexibility index (Phi) is 4.40. The smallest absolute Gasteiger partial charge is 0.117 e. The highest BCUT2D eigenvalue weighted by atomic mass is 16.3. The Morgan fingerprint density at radius 3 is 2.94 bits per heavy atom. The molecule has 1 fully saturated rings. The van der Waals surface area contributed by atoms with E-state index in [1.807, 2.05) is 12.1 Å². The van der Waals surface area contributed by atoms with E-state index in [-0.39, 0.29) is 0 Å². The van der Waals surface area contributed by atoms with Gasteiger partial charge in [-0.3, -0.25) is 4.90 Å². The molecule has 1 aliphatic rings. The van der Waals surface area contributed by atoms with Crippen LogP contribution in [0.25, 0.3) is 0 Å². The van der Waals surface area contributed by atoms with E-state index in [0.29, 0.717) is 18.4 Å². The zero-order valence-corrected chi connectivity index (χ0v) is 11.2. The highest BCUT2D eigenvalue weighted by Crippen LogP contribution is 2.18. The Morgan fingerprint density at radius 1 is 1.44 bits per heavy atom. The average molecular weight is 247 g/mol. The summed E-state index contributed by atoms with van der Waals surface area (Å²) in [7, 11) is 2.14. The second kappa shape index (κ2) is 6.03. The van der Waals surface area contributed by atoms with Crippen molar-refractivity contribution in [3.8, 4) is 6.07 Å². The monoisotopic (exact) mass is 247 g/mol. The Bertz CT molecular complexity index is 396. The van der Waals surface area contributed by atoms with Crippen molar-refractivity contribution in [1.29, 1.82) is 5.26 Å². The number of hydrogen-bond acceptors (Lipinski definition) is 4. The highest BCUT2D eigenvalue weighted by molar-refractivity contribution is 5.00. The van der Waals surface area contributed by atoms with Crippen LogP contribution in [0.4, 0.5) is 0 Å². The Hall–Kier alpha value is -1.31. The van der Waals surface area contributed by atoms with Crippen LogP contribution in [0.2, 0.25) is 0 Å². The lowest BCUT2D eigenvalue weighted by Gasteiger charge is -2.28. The van der Waals surface area contributed by atoms with Crippen molar-refractivity contribution in [1.82, 2.24) is 9.80 Å². The molecule has 4 heteroatoms. The summed E-state index contributed by atoms with van der Waals surface area (Å²) in [6.07, 6.45) is 2.29. The van der Waals surface area contributed by atoms with Crippen LogP contribution in [-0.2, 0) is 6.54 Å². The summed E-state index contributed by atoms with van der Waals surface area (Å²) < 4.78 is 5.43. The summed E-state index contributed by atoms with van der Waals surface area (Å²) in [5.41, 5.74) is 0. The molecule has 0 radical (unpaired) electrons. The predicted octanol–water partition coefficient (Wildman–Crippen LogP) is 1.95. The summed E-state index contributed by atoms with van der Waals surface area (Å²) in [6, 6.07) is 6.53. The first-order valence-electron chi connectivity index (χ1n) is 6.51. The average Bonchev–Trinajstić information content (AvgIpc) is 2.75.